The lowest BCUT2D eigenvalue weighted by Gasteiger charge is -2.41. The molecule has 1 rings (SSSR count). The van der Waals surface area contributed by atoms with E-state index in [-0.39, 0.29) is 5.92 Å². The Balaban J connectivity index is 2.62. The van der Waals surface area contributed by atoms with Crippen LogP contribution in [0, 0.1) is 11.8 Å². The molecular weight excluding hydrogens is 326 g/mol. The van der Waals surface area contributed by atoms with Gasteiger partial charge in [0.1, 0.15) is 5.72 Å². The van der Waals surface area contributed by atoms with Gasteiger partial charge in [-0.2, -0.15) is 0 Å². The summed E-state index contributed by atoms with van der Waals surface area (Å²) in [7, 11) is -0.898. The minimum atomic E-state index is -2.58. The van der Waals surface area contributed by atoms with Crippen LogP contribution in [0.5, 0.6) is 0 Å². The van der Waals surface area contributed by atoms with Crippen molar-refractivity contribution in [2.24, 2.45) is 17.6 Å². The van der Waals surface area contributed by atoms with Gasteiger partial charge in [-0.3, -0.25) is 0 Å². The van der Waals surface area contributed by atoms with Gasteiger partial charge < -0.3 is 28.9 Å². The molecule has 3 unspecified atom stereocenters. The molecule has 1 aliphatic carbocycles. The number of rotatable bonds is 12. The van der Waals surface area contributed by atoms with E-state index in [4.69, 9.17) is 23.7 Å². The fourth-order valence-corrected chi connectivity index (χ4v) is 6.40. The summed E-state index contributed by atoms with van der Waals surface area (Å²) >= 11 is 0. The van der Waals surface area contributed by atoms with Crippen LogP contribution in [0.1, 0.15) is 52.9 Å². The number of hydrogen-bond acceptors (Lipinski definition) is 6. The third kappa shape index (κ3) is 6.71. The average molecular weight is 364 g/mol. The maximum absolute atomic E-state index is 10.4. The summed E-state index contributed by atoms with van der Waals surface area (Å²) < 4.78 is 23.0. The van der Waals surface area contributed by atoms with Crippen LogP contribution in [-0.2, 0) is 18.0 Å². The zero-order valence-corrected chi connectivity index (χ0v) is 16.9. The molecule has 6 nitrogen and oxygen atoms in total. The summed E-state index contributed by atoms with van der Waals surface area (Å²) in [5, 5.41) is 10.4. The second-order valence-electron chi connectivity index (χ2n) is 6.63. The van der Waals surface area contributed by atoms with Crippen molar-refractivity contribution in [3.05, 3.63) is 0 Å². The lowest BCUT2D eigenvalue weighted by atomic mass is 9.73. The minimum absolute atomic E-state index is 0.0820. The molecule has 0 aromatic rings. The Labute approximate surface area is 148 Å². The average Bonchev–Trinajstić information content (AvgIpc) is 2.53. The van der Waals surface area contributed by atoms with Crippen molar-refractivity contribution in [2.75, 3.05) is 33.5 Å². The van der Waals surface area contributed by atoms with Gasteiger partial charge >= 0.3 is 8.80 Å². The van der Waals surface area contributed by atoms with Crippen LogP contribution in [0.2, 0.25) is 6.04 Å². The fourth-order valence-electron chi connectivity index (χ4n) is 3.64. The van der Waals surface area contributed by atoms with Crippen molar-refractivity contribution in [3.63, 3.8) is 0 Å². The molecule has 24 heavy (non-hydrogen) atoms. The largest absolute Gasteiger partial charge is 0.500 e. The van der Waals surface area contributed by atoms with Crippen molar-refractivity contribution < 1.29 is 23.1 Å². The Bertz CT molecular complexity index is 326. The van der Waals surface area contributed by atoms with Crippen molar-refractivity contribution in [2.45, 2.75) is 64.6 Å². The molecule has 0 heterocycles. The van der Waals surface area contributed by atoms with E-state index in [9.17, 15) is 5.11 Å². The van der Waals surface area contributed by atoms with E-state index in [1.54, 1.807) is 7.11 Å². The Kier molecular flexibility index (Phi) is 9.96. The highest BCUT2D eigenvalue weighted by Gasteiger charge is 2.43. The van der Waals surface area contributed by atoms with E-state index >= 15 is 0 Å². The van der Waals surface area contributed by atoms with Crippen LogP contribution in [0.15, 0.2) is 0 Å². The Hall–Kier alpha value is -0.0231. The van der Waals surface area contributed by atoms with E-state index in [2.05, 4.69) is 0 Å². The smallest absolute Gasteiger partial charge is 0.385 e. The summed E-state index contributed by atoms with van der Waals surface area (Å²) in [5.41, 5.74) is 5.02. The van der Waals surface area contributed by atoms with Crippen LogP contribution in [0.3, 0.4) is 0 Å². The summed E-state index contributed by atoms with van der Waals surface area (Å²) in [6, 6.07) is 0.827. The lowest BCUT2D eigenvalue weighted by Crippen LogP contribution is -2.51. The number of methoxy groups -OCH3 is 1. The third-order valence-electron chi connectivity index (χ3n) is 4.90. The Morgan fingerprint density at radius 3 is 2.17 bits per heavy atom. The maximum atomic E-state index is 10.4. The minimum Gasteiger partial charge on any atom is -0.385 e. The maximum Gasteiger partial charge on any atom is 0.500 e. The fraction of sp³-hybridized carbons (Fsp3) is 1.00. The molecule has 1 saturated carbocycles. The molecule has 0 spiro atoms. The molecular formula is C17H37NO5Si. The first-order chi connectivity index (χ1) is 11.4. The van der Waals surface area contributed by atoms with E-state index < -0.39 is 14.5 Å². The van der Waals surface area contributed by atoms with Gasteiger partial charge in [0.25, 0.3) is 0 Å². The SMILES string of the molecule is CCO[Si](CCC1CCC(N)(O)C(CCOC)C1)(OCC)OCC. The predicted molar refractivity (Wildman–Crippen MR) is 96.5 cm³/mol. The predicted octanol–water partition coefficient (Wildman–Crippen LogP) is 2.53. The molecule has 0 aromatic heterocycles. The first-order valence-electron chi connectivity index (χ1n) is 9.35. The van der Waals surface area contributed by atoms with Crippen LogP contribution in [0.4, 0.5) is 0 Å². The number of aliphatic hydroxyl groups is 1. The van der Waals surface area contributed by atoms with Crippen molar-refractivity contribution >= 4 is 8.80 Å². The standard InChI is InChI=1S/C17H37NO5Si/c1-5-21-24(22-6-2,23-7-3)13-10-15-8-11-17(18,19)16(14-15)9-12-20-4/h15-16,19H,5-14,18H2,1-4H3. The van der Waals surface area contributed by atoms with Crippen molar-refractivity contribution in [1.82, 2.24) is 0 Å². The molecule has 3 N–H and O–H groups in total. The second-order valence-corrected chi connectivity index (χ2v) is 9.36. The number of hydrogen-bond donors (Lipinski definition) is 2. The molecule has 144 valence electrons. The highest BCUT2D eigenvalue weighted by atomic mass is 28.4. The van der Waals surface area contributed by atoms with Gasteiger partial charge in [0.2, 0.25) is 0 Å². The Morgan fingerprint density at radius 2 is 1.67 bits per heavy atom. The molecule has 3 atom stereocenters. The van der Waals surface area contributed by atoms with Gasteiger partial charge in [-0.05, 0) is 58.8 Å². The van der Waals surface area contributed by atoms with Gasteiger partial charge in [0.15, 0.2) is 0 Å². The van der Waals surface area contributed by atoms with Crippen LogP contribution < -0.4 is 5.73 Å². The molecule has 1 aliphatic rings. The van der Waals surface area contributed by atoms with Gasteiger partial charge in [0, 0.05) is 45.5 Å². The quantitative estimate of drug-likeness (QED) is 0.409. The zero-order chi connectivity index (χ0) is 18.1. The number of nitrogens with two attached hydrogens (primary N) is 1. The van der Waals surface area contributed by atoms with Crippen LogP contribution in [-0.4, -0.2) is 53.2 Å². The van der Waals surface area contributed by atoms with Crippen molar-refractivity contribution in [1.29, 1.82) is 0 Å². The van der Waals surface area contributed by atoms with Gasteiger partial charge in [0.05, 0.1) is 0 Å². The summed E-state index contributed by atoms with van der Waals surface area (Å²) in [4.78, 5) is 0. The Morgan fingerprint density at radius 1 is 1.08 bits per heavy atom. The summed E-state index contributed by atoms with van der Waals surface area (Å²) in [5.74, 6) is 0.600. The molecule has 0 aliphatic heterocycles. The van der Waals surface area contributed by atoms with Gasteiger partial charge in [-0.15, -0.1) is 0 Å². The third-order valence-corrected chi connectivity index (χ3v) is 7.99. The number of ether oxygens (including phenoxy) is 1. The monoisotopic (exact) mass is 363 g/mol. The molecule has 0 amide bonds. The normalized spacial score (nSPS) is 28.2. The molecule has 1 fully saturated rings. The second kappa shape index (κ2) is 10.9. The summed E-state index contributed by atoms with van der Waals surface area (Å²) in [6.45, 7) is 8.40. The first kappa shape index (κ1) is 22.0. The van der Waals surface area contributed by atoms with Crippen molar-refractivity contribution in [3.8, 4) is 0 Å². The highest BCUT2D eigenvalue weighted by Crippen LogP contribution is 2.39. The molecule has 0 saturated heterocycles. The zero-order valence-electron chi connectivity index (χ0n) is 15.9. The highest BCUT2D eigenvalue weighted by molar-refractivity contribution is 6.60. The molecule has 7 heteroatoms. The lowest BCUT2D eigenvalue weighted by molar-refractivity contribution is -0.0669. The van der Waals surface area contributed by atoms with Gasteiger partial charge in [-0.25, -0.2) is 0 Å². The van der Waals surface area contributed by atoms with Crippen LogP contribution >= 0.6 is 0 Å². The van der Waals surface area contributed by atoms with E-state index in [1.807, 2.05) is 20.8 Å². The molecule has 0 bridgehead atoms. The van der Waals surface area contributed by atoms with Crippen LogP contribution in [0.25, 0.3) is 0 Å². The van der Waals surface area contributed by atoms with E-state index in [0.717, 1.165) is 31.7 Å². The topological polar surface area (TPSA) is 83.2 Å². The molecule has 0 radical (unpaired) electrons. The first-order valence-corrected chi connectivity index (χ1v) is 11.3. The summed E-state index contributed by atoms with van der Waals surface area (Å²) in [6.07, 6.45) is 4.28. The van der Waals surface area contributed by atoms with E-state index in [0.29, 0.717) is 38.8 Å². The molecule has 0 aromatic carbocycles. The van der Waals surface area contributed by atoms with Gasteiger partial charge in [-0.1, -0.05) is 0 Å². The van der Waals surface area contributed by atoms with E-state index in [1.165, 1.54) is 0 Å².